The second kappa shape index (κ2) is 6.48. The molecule has 1 aromatic heterocycles. The number of amides is 1. The molecule has 0 fully saturated rings. The van der Waals surface area contributed by atoms with Crippen molar-refractivity contribution in [1.82, 2.24) is 4.90 Å². The fraction of sp³-hybridized carbons (Fsp3) is 0.421. The summed E-state index contributed by atoms with van der Waals surface area (Å²) in [7, 11) is 3.55. The number of azo groups is 1. The molecule has 1 aliphatic heterocycles. The zero-order chi connectivity index (χ0) is 17.3. The standard InChI is InChI=1S/C19H23N3OS/c1-13(2)15-12-19(21-20-15,14-8-6-5-7-9-14)17-11-10-16(24-17)18(23)22(3)4/h5-11,13,15H,12H2,1-4H3. The Balaban J connectivity index is 2.05. The first-order valence-electron chi connectivity index (χ1n) is 8.23. The lowest BCUT2D eigenvalue weighted by molar-refractivity contribution is 0.0832. The highest BCUT2D eigenvalue weighted by Crippen LogP contribution is 2.47. The average molecular weight is 341 g/mol. The van der Waals surface area contributed by atoms with Crippen molar-refractivity contribution in [2.24, 2.45) is 16.1 Å². The van der Waals surface area contributed by atoms with Crippen LogP contribution in [0.15, 0.2) is 52.7 Å². The van der Waals surface area contributed by atoms with Gasteiger partial charge in [-0.25, -0.2) is 0 Å². The van der Waals surface area contributed by atoms with Gasteiger partial charge in [0.2, 0.25) is 0 Å². The summed E-state index contributed by atoms with van der Waals surface area (Å²) in [6, 6.07) is 14.5. The maximum absolute atomic E-state index is 12.3. The fourth-order valence-electron chi connectivity index (χ4n) is 3.00. The normalized spacial score (nSPS) is 23.0. The Bertz CT molecular complexity index is 751. The summed E-state index contributed by atoms with van der Waals surface area (Å²) >= 11 is 1.53. The predicted molar refractivity (Wildman–Crippen MR) is 97.7 cm³/mol. The Hall–Kier alpha value is -2.01. The van der Waals surface area contributed by atoms with Crippen LogP contribution in [-0.4, -0.2) is 30.9 Å². The first kappa shape index (κ1) is 16.8. The molecule has 1 aliphatic rings. The Labute approximate surface area is 147 Å². The minimum Gasteiger partial charge on any atom is -0.344 e. The van der Waals surface area contributed by atoms with E-state index in [1.165, 1.54) is 11.3 Å². The van der Waals surface area contributed by atoms with Gasteiger partial charge in [0.05, 0.1) is 10.9 Å². The summed E-state index contributed by atoms with van der Waals surface area (Å²) in [6.45, 7) is 4.36. The van der Waals surface area contributed by atoms with Gasteiger partial charge in [-0.1, -0.05) is 44.2 Å². The van der Waals surface area contributed by atoms with Crippen molar-refractivity contribution < 1.29 is 4.79 Å². The Morgan fingerprint density at radius 2 is 1.92 bits per heavy atom. The highest BCUT2D eigenvalue weighted by molar-refractivity contribution is 7.14. The van der Waals surface area contributed by atoms with E-state index in [0.29, 0.717) is 5.92 Å². The first-order valence-corrected chi connectivity index (χ1v) is 9.05. The van der Waals surface area contributed by atoms with Crippen molar-refractivity contribution in [2.45, 2.75) is 31.8 Å². The summed E-state index contributed by atoms with van der Waals surface area (Å²) in [5, 5.41) is 9.31. The van der Waals surface area contributed by atoms with Gasteiger partial charge >= 0.3 is 0 Å². The monoisotopic (exact) mass is 341 g/mol. The van der Waals surface area contributed by atoms with Gasteiger partial charge in [0.25, 0.3) is 5.91 Å². The number of nitrogens with zero attached hydrogens (tertiary/aromatic N) is 3. The van der Waals surface area contributed by atoms with Crippen LogP contribution in [-0.2, 0) is 5.54 Å². The molecule has 24 heavy (non-hydrogen) atoms. The van der Waals surface area contributed by atoms with Gasteiger partial charge < -0.3 is 4.90 Å². The minimum atomic E-state index is -0.467. The van der Waals surface area contributed by atoms with Crippen LogP contribution in [0, 0.1) is 5.92 Å². The molecule has 0 aliphatic carbocycles. The Morgan fingerprint density at radius 1 is 1.21 bits per heavy atom. The van der Waals surface area contributed by atoms with Crippen molar-refractivity contribution in [1.29, 1.82) is 0 Å². The van der Waals surface area contributed by atoms with Crippen LogP contribution < -0.4 is 0 Å². The summed E-state index contributed by atoms with van der Waals surface area (Å²) in [6.07, 6.45) is 0.852. The largest absolute Gasteiger partial charge is 0.344 e. The topological polar surface area (TPSA) is 45.0 Å². The first-order chi connectivity index (χ1) is 11.4. The summed E-state index contributed by atoms with van der Waals surface area (Å²) < 4.78 is 0. The number of carbonyl (C=O) groups is 1. The molecule has 1 aromatic carbocycles. The molecule has 2 heterocycles. The number of carbonyl (C=O) groups excluding carboxylic acids is 1. The molecule has 2 atom stereocenters. The number of rotatable bonds is 4. The Kier molecular flexibility index (Phi) is 4.54. The van der Waals surface area contributed by atoms with E-state index in [1.807, 2.05) is 30.3 Å². The molecule has 1 amide bonds. The van der Waals surface area contributed by atoms with E-state index in [4.69, 9.17) is 5.11 Å². The van der Waals surface area contributed by atoms with E-state index in [0.717, 1.165) is 21.7 Å². The molecule has 0 N–H and O–H groups in total. The molecule has 0 saturated carbocycles. The number of hydrogen-bond donors (Lipinski definition) is 0. The van der Waals surface area contributed by atoms with E-state index in [2.05, 4.69) is 31.1 Å². The Morgan fingerprint density at radius 3 is 2.50 bits per heavy atom. The molecule has 4 nitrogen and oxygen atoms in total. The van der Waals surface area contributed by atoms with Crippen LogP contribution >= 0.6 is 11.3 Å². The molecule has 126 valence electrons. The van der Waals surface area contributed by atoms with Crippen LogP contribution in [0.25, 0.3) is 0 Å². The molecule has 0 radical (unpaired) electrons. The third-order valence-electron chi connectivity index (χ3n) is 4.53. The average Bonchev–Trinajstić information content (AvgIpc) is 3.23. The summed E-state index contributed by atoms with van der Waals surface area (Å²) in [4.78, 5) is 15.7. The smallest absolute Gasteiger partial charge is 0.263 e. The van der Waals surface area contributed by atoms with Crippen molar-refractivity contribution in [3.8, 4) is 0 Å². The maximum atomic E-state index is 12.3. The van der Waals surface area contributed by atoms with Gasteiger partial charge in [-0.05, 0) is 23.6 Å². The molecule has 3 rings (SSSR count). The minimum absolute atomic E-state index is 0.0322. The van der Waals surface area contributed by atoms with Crippen molar-refractivity contribution in [2.75, 3.05) is 14.1 Å². The van der Waals surface area contributed by atoms with Gasteiger partial charge in [-0.3, -0.25) is 4.79 Å². The van der Waals surface area contributed by atoms with Gasteiger partial charge in [0, 0.05) is 25.4 Å². The van der Waals surface area contributed by atoms with Gasteiger partial charge in [0.15, 0.2) is 0 Å². The van der Waals surface area contributed by atoms with Crippen LogP contribution in [0.3, 0.4) is 0 Å². The second-order valence-corrected chi connectivity index (χ2v) is 7.90. The molecule has 2 aromatic rings. The molecular formula is C19H23N3OS. The SMILES string of the molecule is CC(C)C1CC(c2ccccc2)(c2ccc(C(=O)N(C)C)s2)N=N1. The molecular weight excluding hydrogens is 318 g/mol. The zero-order valence-corrected chi connectivity index (χ0v) is 15.4. The third kappa shape index (κ3) is 2.88. The zero-order valence-electron chi connectivity index (χ0n) is 14.6. The quantitative estimate of drug-likeness (QED) is 0.803. The molecule has 0 spiro atoms. The van der Waals surface area contributed by atoms with Crippen LogP contribution in [0.2, 0.25) is 0 Å². The summed E-state index contributed by atoms with van der Waals surface area (Å²) in [5.41, 5.74) is 0.675. The molecule has 5 heteroatoms. The van der Waals surface area contributed by atoms with Crippen molar-refractivity contribution in [3.05, 3.63) is 57.8 Å². The summed E-state index contributed by atoms with van der Waals surface area (Å²) in [5.74, 6) is 0.479. The van der Waals surface area contributed by atoms with Crippen molar-refractivity contribution >= 4 is 17.2 Å². The highest BCUT2D eigenvalue weighted by Gasteiger charge is 2.43. The van der Waals surface area contributed by atoms with Gasteiger partial charge in [-0.15, -0.1) is 11.3 Å². The van der Waals surface area contributed by atoms with E-state index in [1.54, 1.807) is 19.0 Å². The van der Waals surface area contributed by atoms with E-state index in [9.17, 15) is 4.79 Å². The lowest BCUT2D eigenvalue weighted by Gasteiger charge is -2.25. The van der Waals surface area contributed by atoms with E-state index in [-0.39, 0.29) is 11.9 Å². The third-order valence-corrected chi connectivity index (χ3v) is 5.76. The number of benzene rings is 1. The fourth-order valence-corrected chi connectivity index (χ4v) is 4.19. The molecule has 0 saturated heterocycles. The number of thiophene rings is 1. The maximum Gasteiger partial charge on any atom is 0.263 e. The van der Waals surface area contributed by atoms with Gasteiger partial charge in [-0.2, -0.15) is 10.2 Å². The highest BCUT2D eigenvalue weighted by atomic mass is 32.1. The lowest BCUT2D eigenvalue weighted by atomic mass is 9.82. The van der Waals surface area contributed by atoms with E-state index < -0.39 is 5.54 Å². The lowest BCUT2D eigenvalue weighted by Crippen LogP contribution is -2.25. The number of hydrogen-bond acceptors (Lipinski definition) is 4. The van der Waals surface area contributed by atoms with Crippen molar-refractivity contribution in [3.63, 3.8) is 0 Å². The van der Waals surface area contributed by atoms with Gasteiger partial charge in [0.1, 0.15) is 5.54 Å². The molecule has 2 unspecified atom stereocenters. The molecule has 0 bridgehead atoms. The van der Waals surface area contributed by atoms with Crippen LogP contribution in [0.5, 0.6) is 0 Å². The predicted octanol–water partition coefficient (Wildman–Crippen LogP) is 4.57. The van der Waals surface area contributed by atoms with E-state index >= 15 is 0 Å². The second-order valence-electron chi connectivity index (χ2n) is 6.82. The van der Waals surface area contributed by atoms with Crippen LogP contribution in [0.1, 0.15) is 40.4 Å². The van der Waals surface area contributed by atoms with Crippen LogP contribution in [0.4, 0.5) is 0 Å².